The summed E-state index contributed by atoms with van der Waals surface area (Å²) >= 11 is 5.13. The third-order valence-electron chi connectivity index (χ3n) is 3.25. The van der Waals surface area contributed by atoms with Crippen molar-refractivity contribution < 1.29 is 19.0 Å². The Labute approximate surface area is 132 Å². The average Bonchev–Trinajstić information content (AvgIpc) is 2.94. The molecule has 0 saturated heterocycles. The van der Waals surface area contributed by atoms with Gasteiger partial charge in [-0.1, -0.05) is 6.07 Å². The van der Waals surface area contributed by atoms with Crippen LogP contribution in [-0.4, -0.2) is 29.3 Å². The number of rotatable bonds is 3. The number of para-hydroxylation sites is 1. The number of benzene rings is 1. The van der Waals surface area contributed by atoms with E-state index in [-0.39, 0.29) is 18.2 Å². The fourth-order valence-corrected chi connectivity index (χ4v) is 2.59. The molecule has 0 amide bonds. The Kier molecular flexibility index (Phi) is 3.81. The summed E-state index contributed by atoms with van der Waals surface area (Å²) in [5.41, 5.74) is 2.03. The van der Waals surface area contributed by atoms with Crippen molar-refractivity contribution in [2.75, 3.05) is 13.4 Å². The van der Waals surface area contributed by atoms with Crippen LogP contribution in [0, 0.1) is 11.7 Å². The standard InChI is InChI=1S/C15H14N2O4S/c1-3-19-14(18)11-8(2)16-15(22)17-12(11)9-5-4-6-10-13(9)21-7-20-10/h4-6H,3,7H2,1-2H3,(H,16,17,22). The van der Waals surface area contributed by atoms with E-state index in [1.807, 2.05) is 12.1 Å². The summed E-state index contributed by atoms with van der Waals surface area (Å²) in [6.07, 6.45) is 0. The molecule has 114 valence electrons. The van der Waals surface area contributed by atoms with Gasteiger partial charge in [0, 0.05) is 11.3 Å². The van der Waals surface area contributed by atoms with E-state index in [9.17, 15) is 4.79 Å². The lowest BCUT2D eigenvalue weighted by Crippen LogP contribution is -2.12. The molecule has 0 saturated carbocycles. The summed E-state index contributed by atoms with van der Waals surface area (Å²) in [5, 5.41) is 0. The normalized spacial score (nSPS) is 12.3. The number of fused-ring (bicyclic) bond motifs is 1. The van der Waals surface area contributed by atoms with Gasteiger partial charge in [-0.15, -0.1) is 0 Å². The topological polar surface area (TPSA) is 73.4 Å². The second-order valence-electron chi connectivity index (χ2n) is 4.65. The van der Waals surface area contributed by atoms with Crippen LogP contribution in [0.1, 0.15) is 23.0 Å². The number of nitrogens with zero attached hydrogens (tertiary/aromatic N) is 1. The van der Waals surface area contributed by atoms with Crippen LogP contribution in [0.2, 0.25) is 0 Å². The van der Waals surface area contributed by atoms with Crippen molar-refractivity contribution in [2.24, 2.45) is 0 Å². The zero-order valence-corrected chi connectivity index (χ0v) is 13.0. The molecule has 7 heteroatoms. The number of hydrogen-bond acceptors (Lipinski definition) is 6. The van der Waals surface area contributed by atoms with Crippen molar-refractivity contribution in [3.63, 3.8) is 0 Å². The Bertz CT molecular complexity index is 801. The highest BCUT2D eigenvalue weighted by Gasteiger charge is 2.25. The van der Waals surface area contributed by atoms with E-state index in [1.54, 1.807) is 19.9 Å². The molecule has 1 aliphatic rings. The van der Waals surface area contributed by atoms with Gasteiger partial charge < -0.3 is 19.2 Å². The van der Waals surface area contributed by atoms with Gasteiger partial charge in [0.15, 0.2) is 16.3 Å². The number of ether oxygens (including phenoxy) is 3. The summed E-state index contributed by atoms with van der Waals surface area (Å²) in [6, 6.07) is 5.42. The van der Waals surface area contributed by atoms with Gasteiger partial charge in [0.25, 0.3) is 0 Å². The maximum Gasteiger partial charge on any atom is 0.342 e. The molecule has 0 spiro atoms. The molecule has 0 aliphatic carbocycles. The Morgan fingerprint density at radius 1 is 1.45 bits per heavy atom. The lowest BCUT2D eigenvalue weighted by molar-refractivity contribution is 0.0525. The van der Waals surface area contributed by atoms with Crippen LogP contribution in [0.15, 0.2) is 18.2 Å². The van der Waals surface area contributed by atoms with E-state index in [1.165, 1.54) is 0 Å². The molecule has 0 bridgehead atoms. The van der Waals surface area contributed by atoms with E-state index in [2.05, 4.69) is 9.97 Å². The predicted molar refractivity (Wildman–Crippen MR) is 81.7 cm³/mol. The maximum absolute atomic E-state index is 12.3. The number of aromatic nitrogens is 2. The first-order valence-electron chi connectivity index (χ1n) is 6.78. The molecule has 22 heavy (non-hydrogen) atoms. The van der Waals surface area contributed by atoms with Crippen LogP contribution in [0.3, 0.4) is 0 Å². The molecule has 1 aliphatic heterocycles. The Morgan fingerprint density at radius 3 is 3.05 bits per heavy atom. The summed E-state index contributed by atoms with van der Waals surface area (Å²) in [5.74, 6) is 0.719. The van der Waals surface area contributed by atoms with Crippen molar-refractivity contribution in [2.45, 2.75) is 13.8 Å². The summed E-state index contributed by atoms with van der Waals surface area (Å²) in [7, 11) is 0. The highest BCUT2D eigenvalue weighted by atomic mass is 32.1. The minimum Gasteiger partial charge on any atom is -0.462 e. The van der Waals surface area contributed by atoms with Crippen molar-refractivity contribution in [3.8, 4) is 22.8 Å². The largest absolute Gasteiger partial charge is 0.462 e. The quantitative estimate of drug-likeness (QED) is 0.693. The van der Waals surface area contributed by atoms with Crippen LogP contribution < -0.4 is 9.47 Å². The summed E-state index contributed by atoms with van der Waals surface area (Å²) < 4.78 is 16.3. The van der Waals surface area contributed by atoms with Gasteiger partial charge in [-0.05, 0) is 38.2 Å². The first-order valence-corrected chi connectivity index (χ1v) is 7.19. The Balaban J connectivity index is 2.25. The van der Waals surface area contributed by atoms with E-state index >= 15 is 0 Å². The average molecular weight is 318 g/mol. The summed E-state index contributed by atoms with van der Waals surface area (Å²) in [4.78, 5) is 19.5. The zero-order valence-electron chi connectivity index (χ0n) is 12.1. The van der Waals surface area contributed by atoms with Crippen molar-refractivity contribution in [3.05, 3.63) is 34.2 Å². The molecular weight excluding hydrogens is 304 g/mol. The smallest absolute Gasteiger partial charge is 0.342 e. The highest BCUT2D eigenvalue weighted by Crippen LogP contribution is 2.41. The van der Waals surface area contributed by atoms with Gasteiger partial charge in [-0.3, -0.25) is 0 Å². The van der Waals surface area contributed by atoms with Crippen LogP contribution in [0.4, 0.5) is 0 Å². The molecule has 1 N–H and O–H groups in total. The molecule has 0 radical (unpaired) electrons. The van der Waals surface area contributed by atoms with E-state index in [0.29, 0.717) is 34.0 Å². The first-order chi connectivity index (χ1) is 10.6. The van der Waals surface area contributed by atoms with Crippen LogP contribution in [0.5, 0.6) is 11.5 Å². The van der Waals surface area contributed by atoms with Gasteiger partial charge >= 0.3 is 5.97 Å². The van der Waals surface area contributed by atoms with E-state index in [0.717, 1.165) is 0 Å². The summed E-state index contributed by atoms with van der Waals surface area (Å²) in [6.45, 7) is 3.93. The molecule has 2 heterocycles. The molecule has 0 atom stereocenters. The third kappa shape index (κ3) is 2.43. The molecule has 1 aromatic carbocycles. The van der Waals surface area contributed by atoms with Gasteiger partial charge in [-0.25, -0.2) is 9.78 Å². The second kappa shape index (κ2) is 5.76. The molecule has 1 aromatic heterocycles. The molecule has 2 aromatic rings. The SMILES string of the molecule is CCOC(=O)c1c(-c2cccc3c2OCO3)nc(=S)[nH]c1C. The number of esters is 1. The second-order valence-corrected chi connectivity index (χ2v) is 5.04. The fraction of sp³-hybridized carbons (Fsp3) is 0.267. The predicted octanol–water partition coefficient (Wildman–Crippen LogP) is 3.02. The van der Waals surface area contributed by atoms with Gasteiger partial charge in [0.05, 0.1) is 12.3 Å². The van der Waals surface area contributed by atoms with Gasteiger partial charge in [-0.2, -0.15) is 0 Å². The van der Waals surface area contributed by atoms with Gasteiger partial charge in [0.1, 0.15) is 5.56 Å². The first kappa shape index (κ1) is 14.5. The van der Waals surface area contributed by atoms with Crippen molar-refractivity contribution in [1.29, 1.82) is 0 Å². The Hall–Kier alpha value is -2.41. The highest BCUT2D eigenvalue weighted by molar-refractivity contribution is 7.71. The molecule has 0 unspecified atom stereocenters. The third-order valence-corrected chi connectivity index (χ3v) is 3.44. The molecular formula is C15H14N2O4S. The minimum absolute atomic E-state index is 0.139. The zero-order chi connectivity index (χ0) is 15.7. The number of aromatic amines is 1. The lowest BCUT2D eigenvalue weighted by Gasteiger charge is -2.12. The van der Waals surface area contributed by atoms with Crippen LogP contribution in [-0.2, 0) is 4.74 Å². The number of nitrogens with one attached hydrogen (secondary N) is 1. The monoisotopic (exact) mass is 318 g/mol. The fourth-order valence-electron chi connectivity index (χ4n) is 2.35. The van der Waals surface area contributed by atoms with Gasteiger partial charge in [0.2, 0.25) is 6.79 Å². The number of H-pyrrole nitrogens is 1. The number of carbonyl (C=O) groups excluding carboxylic acids is 1. The van der Waals surface area contributed by atoms with Crippen LogP contribution in [0.25, 0.3) is 11.3 Å². The Morgan fingerprint density at radius 2 is 2.27 bits per heavy atom. The molecule has 3 rings (SSSR count). The maximum atomic E-state index is 12.3. The van der Waals surface area contributed by atoms with Crippen molar-refractivity contribution in [1.82, 2.24) is 9.97 Å². The van der Waals surface area contributed by atoms with Crippen LogP contribution >= 0.6 is 12.2 Å². The van der Waals surface area contributed by atoms with Crippen molar-refractivity contribution >= 4 is 18.2 Å². The number of hydrogen-bond donors (Lipinski definition) is 1. The van der Waals surface area contributed by atoms with E-state index < -0.39 is 5.97 Å². The number of aryl methyl sites for hydroxylation is 1. The number of carbonyl (C=O) groups is 1. The lowest BCUT2D eigenvalue weighted by atomic mass is 10.0. The minimum atomic E-state index is -0.453. The molecule has 0 fully saturated rings. The molecule has 6 nitrogen and oxygen atoms in total. The van der Waals surface area contributed by atoms with E-state index in [4.69, 9.17) is 26.4 Å².